The highest BCUT2D eigenvalue weighted by atomic mass is 16.1. The molecule has 0 N–H and O–H groups in total. The van der Waals surface area contributed by atoms with Crippen molar-refractivity contribution in [3.63, 3.8) is 0 Å². The summed E-state index contributed by atoms with van der Waals surface area (Å²) in [5.74, 6) is -0.178. The number of hydrogen-bond donors (Lipinski definition) is 0. The van der Waals surface area contributed by atoms with E-state index in [9.17, 15) is 15.3 Å². The maximum Gasteiger partial charge on any atom is 0.194 e. The van der Waals surface area contributed by atoms with Crippen LogP contribution in [0.2, 0.25) is 0 Å². The lowest BCUT2D eigenvalue weighted by atomic mass is 9.73. The number of carbonyl (C=O) groups is 1. The van der Waals surface area contributed by atoms with Crippen LogP contribution in [-0.2, 0) is 10.8 Å². The van der Waals surface area contributed by atoms with Gasteiger partial charge in [0.2, 0.25) is 0 Å². The fourth-order valence-electron chi connectivity index (χ4n) is 8.55. The van der Waals surface area contributed by atoms with Gasteiger partial charge in [0.15, 0.2) is 5.78 Å². The Morgan fingerprint density at radius 3 is 1.04 bits per heavy atom. The topological polar surface area (TPSA) is 71.1 Å². The van der Waals surface area contributed by atoms with Gasteiger partial charge in [0, 0.05) is 22.0 Å². The van der Waals surface area contributed by atoms with Crippen molar-refractivity contribution in [1.29, 1.82) is 10.5 Å². The SMILES string of the molecule is CC1(C)c2ccccc2N(c2cc3c(cc2C#N)C(=O)c2cc(C#N)c(N4c5ccccc5C(C)(C)c5ccccc54)cc2-3)c2ccccc21. The summed E-state index contributed by atoms with van der Waals surface area (Å²) in [5.41, 5.74) is 12.8. The molecular formula is C45H32N4O. The Labute approximate surface area is 291 Å². The van der Waals surface area contributed by atoms with Crippen LogP contribution in [0.3, 0.4) is 0 Å². The van der Waals surface area contributed by atoms with Crippen LogP contribution >= 0.6 is 0 Å². The zero-order valence-electron chi connectivity index (χ0n) is 28.2. The van der Waals surface area contributed by atoms with Gasteiger partial charge < -0.3 is 9.80 Å². The molecule has 0 aromatic heterocycles. The molecule has 0 saturated heterocycles. The number of ketones is 1. The van der Waals surface area contributed by atoms with E-state index in [1.807, 2.05) is 36.4 Å². The van der Waals surface area contributed by atoms with Gasteiger partial charge >= 0.3 is 0 Å². The lowest BCUT2D eigenvalue weighted by molar-refractivity contribution is 0.104. The summed E-state index contributed by atoms with van der Waals surface area (Å²) in [7, 11) is 0. The fraction of sp³-hybridized carbons (Fsp3) is 0.133. The Morgan fingerprint density at radius 2 is 0.740 bits per heavy atom. The Bertz CT molecular complexity index is 2290. The number of benzene rings is 6. The van der Waals surface area contributed by atoms with Crippen molar-refractivity contribution in [3.8, 4) is 23.3 Å². The Hall–Kier alpha value is -6.43. The molecule has 3 aliphatic rings. The van der Waals surface area contributed by atoms with E-state index in [-0.39, 0.29) is 16.6 Å². The number of nitrogens with zero attached hydrogens (tertiary/aromatic N) is 4. The van der Waals surface area contributed by atoms with E-state index in [0.717, 1.165) is 56.1 Å². The Balaban J connectivity index is 1.30. The third kappa shape index (κ3) is 3.84. The second-order valence-corrected chi connectivity index (χ2v) is 14.4. The van der Waals surface area contributed by atoms with Crippen LogP contribution in [0.15, 0.2) is 121 Å². The molecule has 0 amide bonds. The zero-order valence-corrected chi connectivity index (χ0v) is 28.2. The van der Waals surface area contributed by atoms with Gasteiger partial charge in [-0.05, 0) is 81.9 Å². The summed E-state index contributed by atoms with van der Waals surface area (Å²) in [6.07, 6.45) is 0. The summed E-state index contributed by atoms with van der Waals surface area (Å²) >= 11 is 0. The van der Waals surface area contributed by atoms with Crippen LogP contribution in [0.1, 0.15) is 77.0 Å². The number of carbonyl (C=O) groups excluding carboxylic acids is 1. The first-order valence-electron chi connectivity index (χ1n) is 16.9. The smallest absolute Gasteiger partial charge is 0.194 e. The standard InChI is InChI=1S/C45H32N4O/c1-44(2)33-13-5-9-17-37(33)48(38-18-10-6-14-34(38)44)41-23-29-30-24-42(28(26-47)22-32(30)43(50)31(29)21-27(41)25-46)49-39-19-11-7-15-35(39)45(3,4)36-16-8-12-20-40(36)49/h5-24H,1-4H3. The van der Waals surface area contributed by atoms with E-state index < -0.39 is 0 Å². The molecule has 2 aliphatic heterocycles. The van der Waals surface area contributed by atoms with Gasteiger partial charge in [-0.3, -0.25) is 4.79 Å². The maximum absolute atomic E-state index is 14.1. The largest absolute Gasteiger partial charge is 0.309 e. The Kier molecular flexibility index (Phi) is 6.11. The van der Waals surface area contributed by atoms with Crippen LogP contribution in [0.5, 0.6) is 0 Å². The second-order valence-electron chi connectivity index (χ2n) is 14.4. The molecule has 9 rings (SSSR count). The summed E-state index contributed by atoms with van der Waals surface area (Å²) in [6.45, 7) is 8.93. The number of para-hydroxylation sites is 4. The molecule has 0 radical (unpaired) electrons. The highest BCUT2D eigenvalue weighted by molar-refractivity contribution is 6.23. The number of rotatable bonds is 2. The molecule has 0 saturated carbocycles. The third-order valence-electron chi connectivity index (χ3n) is 11.0. The lowest BCUT2D eigenvalue weighted by Gasteiger charge is -2.42. The van der Waals surface area contributed by atoms with Gasteiger partial charge in [0.25, 0.3) is 0 Å². The molecule has 6 aromatic rings. The van der Waals surface area contributed by atoms with Crippen LogP contribution in [0, 0.1) is 22.7 Å². The molecule has 0 fully saturated rings. The fourth-order valence-corrected chi connectivity index (χ4v) is 8.55. The van der Waals surface area contributed by atoms with Crippen molar-refractivity contribution in [2.24, 2.45) is 0 Å². The minimum Gasteiger partial charge on any atom is -0.309 e. The van der Waals surface area contributed by atoms with E-state index in [0.29, 0.717) is 33.6 Å². The molecule has 0 spiro atoms. The maximum atomic E-state index is 14.1. The van der Waals surface area contributed by atoms with E-state index >= 15 is 0 Å². The highest BCUT2D eigenvalue weighted by Crippen LogP contribution is 2.56. The van der Waals surface area contributed by atoms with Crippen LogP contribution in [-0.4, -0.2) is 5.78 Å². The van der Waals surface area contributed by atoms with E-state index in [1.165, 1.54) is 0 Å². The highest BCUT2D eigenvalue weighted by Gasteiger charge is 2.40. The molecule has 238 valence electrons. The molecule has 2 heterocycles. The normalized spacial score (nSPS) is 15.4. The van der Waals surface area contributed by atoms with Crippen molar-refractivity contribution >= 4 is 39.9 Å². The Morgan fingerprint density at radius 1 is 0.440 bits per heavy atom. The summed E-state index contributed by atoms with van der Waals surface area (Å²) in [4.78, 5) is 18.5. The van der Waals surface area contributed by atoms with E-state index in [2.05, 4.69) is 122 Å². The summed E-state index contributed by atoms with van der Waals surface area (Å²) in [5, 5.41) is 21.1. The van der Waals surface area contributed by atoms with Gasteiger partial charge in [-0.25, -0.2) is 0 Å². The lowest BCUT2D eigenvalue weighted by Crippen LogP contribution is -2.31. The summed E-state index contributed by atoms with van der Waals surface area (Å²) in [6, 6.07) is 45.7. The number of nitriles is 2. The molecular weight excluding hydrogens is 613 g/mol. The van der Waals surface area contributed by atoms with Crippen molar-refractivity contribution in [3.05, 3.63) is 166 Å². The summed E-state index contributed by atoms with van der Waals surface area (Å²) < 4.78 is 0. The first-order chi connectivity index (χ1) is 24.2. The molecule has 0 atom stereocenters. The average molecular weight is 645 g/mol. The predicted molar refractivity (Wildman–Crippen MR) is 198 cm³/mol. The van der Waals surface area contributed by atoms with E-state index in [1.54, 1.807) is 12.1 Å². The molecule has 6 aromatic carbocycles. The molecule has 0 unspecified atom stereocenters. The van der Waals surface area contributed by atoms with Gasteiger partial charge in [-0.2, -0.15) is 10.5 Å². The van der Waals surface area contributed by atoms with Crippen LogP contribution in [0.4, 0.5) is 34.1 Å². The first kappa shape index (κ1) is 29.7. The monoisotopic (exact) mass is 644 g/mol. The van der Waals surface area contributed by atoms with Crippen molar-refractivity contribution in [2.45, 2.75) is 38.5 Å². The predicted octanol–water partition coefficient (Wildman–Crippen LogP) is 10.9. The number of fused-ring (bicyclic) bond motifs is 7. The van der Waals surface area contributed by atoms with E-state index in [4.69, 9.17) is 0 Å². The molecule has 5 heteroatoms. The average Bonchev–Trinajstić information content (AvgIpc) is 3.40. The van der Waals surface area contributed by atoms with Crippen molar-refractivity contribution in [2.75, 3.05) is 9.80 Å². The molecule has 0 bridgehead atoms. The number of anilines is 6. The quantitative estimate of drug-likeness (QED) is 0.187. The minimum absolute atomic E-state index is 0.178. The van der Waals surface area contributed by atoms with Crippen molar-refractivity contribution in [1.82, 2.24) is 0 Å². The van der Waals surface area contributed by atoms with Gasteiger partial charge in [-0.1, -0.05) is 100 Å². The molecule has 5 nitrogen and oxygen atoms in total. The second kappa shape index (κ2) is 10.3. The number of hydrogen-bond acceptors (Lipinski definition) is 5. The minimum atomic E-state index is -0.256. The van der Waals surface area contributed by atoms with Gasteiger partial charge in [0.05, 0.1) is 45.3 Å². The zero-order chi connectivity index (χ0) is 34.5. The van der Waals surface area contributed by atoms with Crippen LogP contribution in [0.25, 0.3) is 11.1 Å². The molecule has 50 heavy (non-hydrogen) atoms. The van der Waals surface area contributed by atoms with Crippen LogP contribution < -0.4 is 9.80 Å². The first-order valence-corrected chi connectivity index (χ1v) is 16.9. The van der Waals surface area contributed by atoms with Crippen molar-refractivity contribution < 1.29 is 4.79 Å². The third-order valence-corrected chi connectivity index (χ3v) is 11.0. The van der Waals surface area contributed by atoms with Gasteiger partial charge in [-0.15, -0.1) is 0 Å². The van der Waals surface area contributed by atoms with Gasteiger partial charge in [0.1, 0.15) is 12.1 Å². The molecule has 1 aliphatic carbocycles.